The largest absolute Gasteiger partial charge is 0.508 e. The summed E-state index contributed by atoms with van der Waals surface area (Å²) in [6, 6.07) is 11.3. The summed E-state index contributed by atoms with van der Waals surface area (Å²) in [7, 11) is 0. The lowest BCUT2D eigenvalue weighted by molar-refractivity contribution is 0.0357. The summed E-state index contributed by atoms with van der Waals surface area (Å²) in [5, 5.41) is 14.7. The van der Waals surface area contributed by atoms with E-state index in [1.807, 2.05) is 4.90 Å². The lowest BCUT2D eigenvalue weighted by Crippen LogP contribution is -2.54. The number of amides is 1. The summed E-state index contributed by atoms with van der Waals surface area (Å²) < 4.78 is 32.9. The molecule has 0 aliphatic carbocycles. The zero-order chi connectivity index (χ0) is 26.1. The Labute approximate surface area is 220 Å². The summed E-state index contributed by atoms with van der Waals surface area (Å²) >= 11 is 0. The number of aromatic hydroxyl groups is 1. The van der Waals surface area contributed by atoms with Crippen LogP contribution in [0.2, 0.25) is 0 Å². The lowest BCUT2D eigenvalue weighted by atomic mass is 9.95. The van der Waals surface area contributed by atoms with Gasteiger partial charge in [-0.3, -0.25) is 9.69 Å². The van der Waals surface area contributed by atoms with Crippen LogP contribution in [0.25, 0.3) is 21.9 Å². The Morgan fingerprint density at radius 2 is 2.00 bits per heavy atom. The van der Waals surface area contributed by atoms with E-state index in [2.05, 4.69) is 10.2 Å². The second-order valence-electron chi connectivity index (χ2n) is 10.0. The molecular weight excluding hydrogens is 489 g/mol. The van der Waals surface area contributed by atoms with Crippen LogP contribution in [0.3, 0.4) is 0 Å². The van der Waals surface area contributed by atoms with E-state index in [9.17, 15) is 9.90 Å². The third-order valence-electron chi connectivity index (χ3n) is 7.52. The molecule has 3 aliphatic heterocycles. The number of phenolic OH excluding ortho intramolecular Hbond substituents is 1. The zero-order valence-corrected chi connectivity index (χ0v) is 21.2. The highest BCUT2D eigenvalue weighted by Crippen LogP contribution is 2.42. The topological polar surface area (TPSA) is 83.5 Å². The summed E-state index contributed by atoms with van der Waals surface area (Å²) in [5.74, 6) is 0.349. The number of fused-ring (bicyclic) bond motifs is 3. The molecule has 1 atom stereocenters. The van der Waals surface area contributed by atoms with E-state index >= 15 is 4.39 Å². The van der Waals surface area contributed by atoms with Gasteiger partial charge < -0.3 is 29.5 Å². The van der Waals surface area contributed by atoms with Crippen LogP contribution in [-0.4, -0.2) is 92.6 Å². The molecular formula is C29H32FN3O5. The van der Waals surface area contributed by atoms with Crippen LogP contribution in [0, 0.1) is 5.82 Å². The van der Waals surface area contributed by atoms with Gasteiger partial charge in [-0.05, 0) is 53.3 Å². The first-order valence-corrected chi connectivity index (χ1v) is 13.3. The molecule has 2 saturated heterocycles. The fourth-order valence-corrected chi connectivity index (χ4v) is 5.58. The molecule has 200 valence electrons. The maximum absolute atomic E-state index is 15.0. The van der Waals surface area contributed by atoms with Crippen LogP contribution < -0.4 is 14.8 Å². The molecule has 2 N–H and O–H groups in total. The Morgan fingerprint density at radius 1 is 1.13 bits per heavy atom. The predicted molar refractivity (Wildman–Crippen MR) is 142 cm³/mol. The van der Waals surface area contributed by atoms with Crippen molar-refractivity contribution in [1.82, 2.24) is 15.1 Å². The SMILES string of the molecule is O=C1c2c(OCCCN3CCOCC3)cc(-c3cc(O)cc4cccc(F)c34)cc2OC[C@H]2CNCCN12. The standard InChI is InChI=1S/C29H32FN3O5/c30-24-4-1-3-19-13-22(34)16-23(27(19)24)20-14-25(37-10-2-6-32-8-11-36-12-9-32)28-26(15-20)38-18-21-17-31-5-7-33(21)29(28)35/h1,3-4,13-16,21,31,34H,2,5-12,17-18H2/t21-/m1/s1. The first kappa shape index (κ1) is 24.9. The molecule has 6 rings (SSSR count). The van der Waals surface area contributed by atoms with Crippen LogP contribution in [-0.2, 0) is 4.74 Å². The van der Waals surface area contributed by atoms with Gasteiger partial charge >= 0.3 is 0 Å². The van der Waals surface area contributed by atoms with Gasteiger partial charge in [0.05, 0.1) is 25.9 Å². The van der Waals surface area contributed by atoms with E-state index in [1.54, 1.807) is 36.4 Å². The van der Waals surface area contributed by atoms with Gasteiger partial charge in [0.25, 0.3) is 5.91 Å². The highest BCUT2D eigenvalue weighted by Gasteiger charge is 2.35. The third kappa shape index (κ3) is 4.89. The summed E-state index contributed by atoms with van der Waals surface area (Å²) in [6.07, 6.45) is 0.786. The maximum atomic E-state index is 15.0. The first-order chi connectivity index (χ1) is 18.6. The van der Waals surface area contributed by atoms with Gasteiger partial charge in [-0.1, -0.05) is 12.1 Å². The number of ether oxygens (including phenoxy) is 3. The molecule has 9 heteroatoms. The Hall–Kier alpha value is -3.40. The Morgan fingerprint density at radius 3 is 2.87 bits per heavy atom. The van der Waals surface area contributed by atoms with Crippen molar-refractivity contribution >= 4 is 16.7 Å². The van der Waals surface area contributed by atoms with Gasteiger partial charge in [0, 0.05) is 44.7 Å². The van der Waals surface area contributed by atoms with E-state index < -0.39 is 0 Å². The van der Waals surface area contributed by atoms with E-state index in [0.29, 0.717) is 65.3 Å². The van der Waals surface area contributed by atoms with Crippen molar-refractivity contribution < 1.29 is 28.5 Å². The molecule has 2 fully saturated rings. The molecule has 0 bridgehead atoms. The van der Waals surface area contributed by atoms with Crippen LogP contribution in [0.15, 0.2) is 42.5 Å². The lowest BCUT2D eigenvalue weighted by Gasteiger charge is -2.34. The van der Waals surface area contributed by atoms with E-state index in [1.165, 1.54) is 6.07 Å². The fraction of sp³-hybridized carbons (Fsp3) is 0.414. The van der Waals surface area contributed by atoms with Gasteiger partial charge in [0.1, 0.15) is 35.2 Å². The highest BCUT2D eigenvalue weighted by molar-refractivity contribution is 6.03. The van der Waals surface area contributed by atoms with E-state index in [-0.39, 0.29) is 23.5 Å². The van der Waals surface area contributed by atoms with Crippen LogP contribution in [0.5, 0.6) is 17.2 Å². The molecule has 8 nitrogen and oxygen atoms in total. The second kappa shape index (κ2) is 10.8. The quantitative estimate of drug-likeness (QED) is 0.482. The summed E-state index contributed by atoms with van der Waals surface area (Å²) in [6.45, 7) is 6.89. The molecule has 3 heterocycles. The number of nitrogens with zero attached hydrogens (tertiary/aromatic N) is 2. The monoisotopic (exact) mass is 521 g/mol. The minimum Gasteiger partial charge on any atom is -0.508 e. The van der Waals surface area contributed by atoms with Gasteiger partial charge in [0.2, 0.25) is 0 Å². The minimum atomic E-state index is -0.388. The number of carbonyl (C=O) groups excluding carboxylic acids is 1. The molecule has 0 aromatic heterocycles. The zero-order valence-electron chi connectivity index (χ0n) is 21.2. The molecule has 0 radical (unpaired) electrons. The van der Waals surface area contributed by atoms with Crippen molar-refractivity contribution in [1.29, 1.82) is 0 Å². The van der Waals surface area contributed by atoms with Crippen molar-refractivity contribution in [3.8, 4) is 28.4 Å². The van der Waals surface area contributed by atoms with E-state index in [4.69, 9.17) is 14.2 Å². The smallest absolute Gasteiger partial charge is 0.261 e. The number of morpholine rings is 1. The molecule has 0 unspecified atom stereocenters. The van der Waals surface area contributed by atoms with Crippen LogP contribution in [0.1, 0.15) is 16.8 Å². The van der Waals surface area contributed by atoms with E-state index in [0.717, 1.165) is 45.8 Å². The van der Waals surface area contributed by atoms with Crippen molar-refractivity contribution in [3.05, 3.63) is 53.8 Å². The number of carbonyl (C=O) groups is 1. The summed E-state index contributed by atoms with van der Waals surface area (Å²) in [4.78, 5) is 17.9. The minimum absolute atomic E-state index is 0.0289. The number of piperazine rings is 1. The van der Waals surface area contributed by atoms with Crippen molar-refractivity contribution in [2.75, 3.05) is 65.7 Å². The van der Waals surface area contributed by atoms with Gasteiger partial charge in [0.15, 0.2) is 0 Å². The molecule has 38 heavy (non-hydrogen) atoms. The average molecular weight is 522 g/mol. The number of hydrogen-bond acceptors (Lipinski definition) is 7. The Kier molecular flexibility index (Phi) is 7.06. The molecule has 0 saturated carbocycles. The van der Waals surface area contributed by atoms with Gasteiger partial charge in [-0.15, -0.1) is 0 Å². The molecule has 3 aromatic carbocycles. The van der Waals surface area contributed by atoms with Crippen LogP contribution in [0.4, 0.5) is 4.39 Å². The van der Waals surface area contributed by atoms with Crippen LogP contribution >= 0.6 is 0 Å². The van der Waals surface area contributed by atoms with Crippen molar-refractivity contribution in [2.24, 2.45) is 0 Å². The summed E-state index contributed by atoms with van der Waals surface area (Å²) in [5.41, 5.74) is 1.52. The predicted octanol–water partition coefficient (Wildman–Crippen LogP) is 3.26. The molecule has 3 aliphatic rings. The van der Waals surface area contributed by atoms with Gasteiger partial charge in [-0.25, -0.2) is 4.39 Å². The molecule has 3 aromatic rings. The number of hydrogen-bond donors (Lipinski definition) is 2. The van der Waals surface area contributed by atoms with Crippen molar-refractivity contribution in [3.63, 3.8) is 0 Å². The number of phenols is 1. The molecule has 0 spiro atoms. The number of nitrogens with one attached hydrogen (secondary N) is 1. The number of rotatable bonds is 6. The first-order valence-electron chi connectivity index (χ1n) is 13.3. The average Bonchev–Trinajstić information content (AvgIpc) is 3.08. The van der Waals surface area contributed by atoms with Crippen molar-refractivity contribution in [2.45, 2.75) is 12.5 Å². The Balaban J connectivity index is 1.38. The normalized spacial score (nSPS) is 20.0. The number of benzene rings is 3. The Bertz CT molecular complexity index is 1340. The second-order valence-corrected chi connectivity index (χ2v) is 10.0. The number of halogens is 1. The molecule has 1 amide bonds. The highest BCUT2D eigenvalue weighted by atomic mass is 19.1. The van der Waals surface area contributed by atoms with Gasteiger partial charge in [-0.2, -0.15) is 0 Å². The maximum Gasteiger partial charge on any atom is 0.261 e. The fourth-order valence-electron chi connectivity index (χ4n) is 5.58. The third-order valence-corrected chi connectivity index (χ3v) is 7.52.